The van der Waals surface area contributed by atoms with Crippen LogP contribution in [0, 0.1) is 0 Å². The minimum Gasteiger partial charge on any atom is -0.489 e. The van der Waals surface area contributed by atoms with Crippen LogP contribution in [0.5, 0.6) is 5.75 Å². The molecule has 0 fully saturated rings. The smallest absolute Gasteiger partial charge is 0.335 e. The first kappa shape index (κ1) is 15.0. The van der Waals surface area contributed by atoms with Crippen molar-refractivity contribution in [2.45, 2.75) is 32.3 Å². The van der Waals surface area contributed by atoms with Gasteiger partial charge in [0.15, 0.2) is 0 Å². The maximum atomic E-state index is 10.9. The van der Waals surface area contributed by atoms with Crippen molar-refractivity contribution in [2.75, 3.05) is 6.61 Å². The number of ether oxygens (including phenoxy) is 1. The van der Waals surface area contributed by atoms with Gasteiger partial charge in [0.2, 0.25) is 0 Å². The van der Waals surface area contributed by atoms with Crippen molar-refractivity contribution in [2.24, 2.45) is 0 Å². The molecule has 0 spiro atoms. The summed E-state index contributed by atoms with van der Waals surface area (Å²) in [5.74, 6) is -0.580. The molecule has 0 bridgehead atoms. The van der Waals surface area contributed by atoms with Crippen LogP contribution in [0.2, 0.25) is 0 Å². The van der Waals surface area contributed by atoms with Gasteiger partial charge >= 0.3 is 5.97 Å². The van der Waals surface area contributed by atoms with E-state index in [9.17, 15) is 9.90 Å². The number of carbonyl (C=O) groups is 1. The summed E-state index contributed by atoms with van der Waals surface area (Å²) in [6.07, 6.45) is 1.17. The van der Waals surface area contributed by atoms with Gasteiger partial charge in [0.25, 0.3) is 0 Å². The van der Waals surface area contributed by atoms with Gasteiger partial charge < -0.3 is 14.9 Å². The van der Waals surface area contributed by atoms with Crippen molar-refractivity contribution in [1.82, 2.24) is 0 Å². The molecule has 2 N–H and O–H groups in total. The largest absolute Gasteiger partial charge is 0.489 e. The molecule has 18 heavy (non-hydrogen) atoms. The van der Waals surface area contributed by atoms with E-state index in [0.717, 1.165) is 0 Å². The molecule has 0 aliphatic rings. The van der Waals surface area contributed by atoms with E-state index in [1.165, 1.54) is 12.1 Å². The van der Waals surface area contributed by atoms with Gasteiger partial charge in [-0.2, -0.15) is 0 Å². The molecule has 1 aromatic carbocycles. The van der Waals surface area contributed by atoms with Crippen molar-refractivity contribution in [3.05, 3.63) is 28.2 Å². The van der Waals surface area contributed by atoms with Crippen LogP contribution in [0.3, 0.4) is 0 Å². The Balaban J connectivity index is 2.84. The third kappa shape index (κ3) is 3.71. The molecule has 4 nitrogen and oxygen atoms in total. The van der Waals surface area contributed by atoms with Gasteiger partial charge in [0.1, 0.15) is 12.4 Å². The SMILES string of the molecule is CCC(O)(CC)COc1cc(C(=O)O)ccc1Br. The lowest BCUT2D eigenvalue weighted by atomic mass is 9.99. The lowest BCUT2D eigenvalue weighted by molar-refractivity contribution is -0.0115. The van der Waals surface area contributed by atoms with Gasteiger partial charge in [-0.25, -0.2) is 4.79 Å². The van der Waals surface area contributed by atoms with Crippen LogP contribution in [0.25, 0.3) is 0 Å². The predicted molar refractivity (Wildman–Crippen MR) is 72.1 cm³/mol. The van der Waals surface area contributed by atoms with Crippen LogP contribution in [-0.2, 0) is 0 Å². The maximum absolute atomic E-state index is 10.9. The van der Waals surface area contributed by atoms with E-state index < -0.39 is 11.6 Å². The molecule has 0 saturated heterocycles. The summed E-state index contributed by atoms with van der Waals surface area (Å²) in [5, 5.41) is 19.0. The second-order valence-electron chi connectivity index (χ2n) is 4.17. The number of rotatable bonds is 6. The van der Waals surface area contributed by atoms with Crippen LogP contribution in [0.1, 0.15) is 37.0 Å². The van der Waals surface area contributed by atoms with Gasteiger partial charge in [-0.3, -0.25) is 0 Å². The van der Waals surface area contributed by atoms with Gasteiger partial charge in [-0.05, 0) is 47.0 Å². The lowest BCUT2D eigenvalue weighted by Gasteiger charge is -2.25. The fraction of sp³-hybridized carbons (Fsp3) is 0.462. The molecule has 100 valence electrons. The normalized spacial score (nSPS) is 11.3. The molecule has 0 amide bonds. The van der Waals surface area contributed by atoms with Crippen molar-refractivity contribution >= 4 is 21.9 Å². The highest BCUT2D eigenvalue weighted by Gasteiger charge is 2.23. The Labute approximate surface area is 115 Å². The Morgan fingerprint density at radius 1 is 1.39 bits per heavy atom. The molecule has 0 aliphatic carbocycles. The quantitative estimate of drug-likeness (QED) is 0.846. The van der Waals surface area contributed by atoms with E-state index >= 15 is 0 Å². The van der Waals surface area contributed by atoms with E-state index in [4.69, 9.17) is 9.84 Å². The van der Waals surface area contributed by atoms with Gasteiger partial charge in [-0.15, -0.1) is 0 Å². The highest BCUT2D eigenvalue weighted by Crippen LogP contribution is 2.27. The third-order valence-electron chi connectivity index (χ3n) is 2.99. The van der Waals surface area contributed by atoms with Crippen molar-refractivity contribution in [1.29, 1.82) is 0 Å². The molecular formula is C13H17BrO4. The van der Waals surface area contributed by atoms with E-state index in [-0.39, 0.29) is 12.2 Å². The highest BCUT2D eigenvalue weighted by atomic mass is 79.9. The minimum atomic E-state index is -1.01. The second-order valence-corrected chi connectivity index (χ2v) is 5.02. The lowest BCUT2D eigenvalue weighted by Crippen LogP contribution is -2.34. The Morgan fingerprint density at radius 3 is 2.50 bits per heavy atom. The first-order chi connectivity index (χ1) is 8.41. The summed E-state index contributed by atoms with van der Waals surface area (Å²) in [6, 6.07) is 4.55. The number of hydrogen-bond acceptors (Lipinski definition) is 3. The number of halogens is 1. The average molecular weight is 317 g/mol. The first-order valence-electron chi connectivity index (χ1n) is 5.80. The topological polar surface area (TPSA) is 66.8 Å². The molecule has 0 unspecified atom stereocenters. The van der Waals surface area contributed by atoms with Gasteiger partial charge in [0.05, 0.1) is 15.6 Å². The monoisotopic (exact) mass is 316 g/mol. The van der Waals surface area contributed by atoms with Crippen LogP contribution in [0.4, 0.5) is 0 Å². The summed E-state index contributed by atoms with van der Waals surface area (Å²) in [7, 11) is 0. The summed E-state index contributed by atoms with van der Waals surface area (Å²) in [4.78, 5) is 10.9. The Morgan fingerprint density at radius 2 is 2.00 bits per heavy atom. The third-order valence-corrected chi connectivity index (χ3v) is 3.65. The fourth-order valence-electron chi connectivity index (χ4n) is 1.41. The van der Waals surface area contributed by atoms with E-state index in [1.54, 1.807) is 6.07 Å². The Bertz CT molecular complexity index is 427. The van der Waals surface area contributed by atoms with Crippen LogP contribution < -0.4 is 4.74 Å². The van der Waals surface area contributed by atoms with Gasteiger partial charge in [-0.1, -0.05) is 13.8 Å². The molecule has 1 rings (SSSR count). The van der Waals surface area contributed by atoms with Gasteiger partial charge in [0, 0.05) is 0 Å². The predicted octanol–water partition coefficient (Wildman–Crippen LogP) is 3.08. The zero-order valence-corrected chi connectivity index (χ0v) is 12.0. The highest BCUT2D eigenvalue weighted by molar-refractivity contribution is 9.10. The first-order valence-corrected chi connectivity index (χ1v) is 6.59. The molecule has 1 aromatic rings. The molecule has 0 radical (unpaired) electrons. The average Bonchev–Trinajstić information content (AvgIpc) is 2.37. The molecule has 0 heterocycles. The number of aromatic carboxylic acids is 1. The van der Waals surface area contributed by atoms with Crippen molar-refractivity contribution in [3.8, 4) is 5.75 Å². The Kier molecular flexibility index (Phi) is 5.16. The van der Waals surface area contributed by atoms with Crippen molar-refractivity contribution < 1.29 is 19.7 Å². The minimum absolute atomic E-state index is 0.141. The number of hydrogen-bond donors (Lipinski definition) is 2. The number of benzene rings is 1. The summed E-state index contributed by atoms with van der Waals surface area (Å²) >= 11 is 3.29. The zero-order valence-electron chi connectivity index (χ0n) is 10.4. The molecule has 0 atom stereocenters. The number of carboxylic acids is 1. The Hall–Kier alpha value is -1.07. The van der Waals surface area contributed by atoms with Crippen molar-refractivity contribution in [3.63, 3.8) is 0 Å². The van der Waals surface area contributed by atoms with Crippen LogP contribution in [0.15, 0.2) is 22.7 Å². The maximum Gasteiger partial charge on any atom is 0.335 e. The molecule has 0 aliphatic heterocycles. The molecule has 0 aromatic heterocycles. The summed E-state index contributed by atoms with van der Waals surface area (Å²) < 4.78 is 6.18. The molecule has 0 saturated carbocycles. The standard InChI is InChI=1S/C13H17BrO4/c1-3-13(17,4-2)8-18-11-7-9(12(15)16)5-6-10(11)14/h5-7,17H,3-4,8H2,1-2H3,(H,15,16). The van der Waals surface area contributed by atoms with E-state index in [0.29, 0.717) is 23.1 Å². The zero-order chi connectivity index (χ0) is 13.8. The second kappa shape index (κ2) is 6.20. The number of carboxylic acid groups (broad SMARTS) is 1. The summed E-state index contributed by atoms with van der Waals surface area (Å²) in [5.41, 5.74) is -0.719. The van der Waals surface area contributed by atoms with E-state index in [1.807, 2.05) is 13.8 Å². The molecular weight excluding hydrogens is 300 g/mol. The fourth-order valence-corrected chi connectivity index (χ4v) is 1.77. The van der Waals surface area contributed by atoms with Crippen LogP contribution >= 0.6 is 15.9 Å². The molecule has 5 heteroatoms. The van der Waals surface area contributed by atoms with E-state index in [2.05, 4.69) is 15.9 Å². The number of aliphatic hydroxyl groups is 1. The van der Waals surface area contributed by atoms with Crippen LogP contribution in [-0.4, -0.2) is 28.4 Å². The summed E-state index contributed by atoms with van der Waals surface area (Å²) in [6.45, 7) is 3.91.